The monoisotopic (exact) mass is 350 g/mol. The molecule has 6 heteroatoms. The van der Waals surface area contributed by atoms with Gasteiger partial charge in [-0.15, -0.1) is 10.2 Å². The Kier molecular flexibility index (Phi) is 5.05. The number of nitriles is 1. The fourth-order valence-corrected chi connectivity index (χ4v) is 3.14. The Balaban J connectivity index is 2.11. The molecular formula is C19H18N4OS. The van der Waals surface area contributed by atoms with Crippen LogP contribution in [0.5, 0.6) is 5.75 Å². The molecule has 1 aromatic heterocycles. The lowest BCUT2D eigenvalue weighted by atomic mass is 10.2. The molecule has 5 nitrogen and oxygen atoms in total. The first-order valence-corrected chi connectivity index (χ1v) is 8.73. The van der Waals surface area contributed by atoms with Crippen molar-refractivity contribution in [3.05, 3.63) is 54.1 Å². The topological polar surface area (TPSA) is 63.7 Å². The number of hydrogen-bond acceptors (Lipinski definition) is 5. The summed E-state index contributed by atoms with van der Waals surface area (Å²) in [5, 5.41) is 18.3. The van der Waals surface area contributed by atoms with Crippen LogP contribution >= 0.6 is 11.8 Å². The second-order valence-corrected chi connectivity index (χ2v) is 6.90. The average Bonchev–Trinajstić information content (AvgIpc) is 3.05. The van der Waals surface area contributed by atoms with Gasteiger partial charge in [-0.3, -0.25) is 4.57 Å². The number of ether oxygens (including phenoxy) is 1. The molecule has 1 unspecified atom stereocenters. The average molecular weight is 350 g/mol. The van der Waals surface area contributed by atoms with Crippen LogP contribution in [0.1, 0.15) is 12.5 Å². The van der Waals surface area contributed by atoms with E-state index in [1.165, 1.54) is 17.3 Å². The van der Waals surface area contributed by atoms with E-state index in [4.69, 9.17) is 10.00 Å². The number of rotatable bonds is 5. The van der Waals surface area contributed by atoms with Gasteiger partial charge in [-0.25, -0.2) is 0 Å². The summed E-state index contributed by atoms with van der Waals surface area (Å²) in [5.41, 5.74) is 3.09. The fraction of sp³-hybridized carbons (Fsp3) is 0.211. The Hall–Kier alpha value is -2.78. The summed E-state index contributed by atoms with van der Waals surface area (Å²) in [6.45, 7) is 3.90. The predicted molar refractivity (Wildman–Crippen MR) is 99.0 cm³/mol. The lowest BCUT2D eigenvalue weighted by molar-refractivity contribution is 0.415. The highest BCUT2D eigenvalue weighted by molar-refractivity contribution is 8.00. The Morgan fingerprint density at radius 3 is 2.36 bits per heavy atom. The highest BCUT2D eigenvalue weighted by Gasteiger charge is 2.18. The van der Waals surface area contributed by atoms with Crippen LogP contribution in [0.3, 0.4) is 0 Å². The van der Waals surface area contributed by atoms with E-state index in [9.17, 15) is 0 Å². The molecule has 0 bridgehead atoms. The Morgan fingerprint density at radius 1 is 1.08 bits per heavy atom. The largest absolute Gasteiger partial charge is 0.497 e. The van der Waals surface area contributed by atoms with Crippen molar-refractivity contribution in [1.82, 2.24) is 14.8 Å². The van der Waals surface area contributed by atoms with Crippen molar-refractivity contribution < 1.29 is 4.74 Å². The normalized spacial score (nSPS) is 11.8. The van der Waals surface area contributed by atoms with Crippen molar-refractivity contribution in [2.24, 2.45) is 0 Å². The molecule has 0 N–H and O–H groups in total. The van der Waals surface area contributed by atoms with Crippen molar-refractivity contribution in [2.45, 2.75) is 24.3 Å². The Bertz CT molecular complexity index is 895. The molecule has 3 aromatic rings. The van der Waals surface area contributed by atoms with Crippen LogP contribution in [0, 0.1) is 18.3 Å². The SMILES string of the molecule is COc1ccc(-c2nnc(SC(C)C#N)n2-c2ccc(C)cc2)cc1. The van der Waals surface area contributed by atoms with E-state index in [1.807, 2.05) is 54.8 Å². The van der Waals surface area contributed by atoms with Gasteiger partial charge >= 0.3 is 0 Å². The van der Waals surface area contributed by atoms with Gasteiger partial charge in [0.25, 0.3) is 0 Å². The molecule has 3 rings (SSSR count). The summed E-state index contributed by atoms with van der Waals surface area (Å²) in [7, 11) is 1.64. The van der Waals surface area contributed by atoms with Gasteiger partial charge in [-0.2, -0.15) is 5.26 Å². The molecule has 0 saturated heterocycles. The molecular weight excluding hydrogens is 332 g/mol. The van der Waals surface area contributed by atoms with Crippen LogP contribution in [-0.2, 0) is 0 Å². The van der Waals surface area contributed by atoms with Crippen molar-refractivity contribution in [3.8, 4) is 28.9 Å². The van der Waals surface area contributed by atoms with Crippen molar-refractivity contribution in [3.63, 3.8) is 0 Å². The molecule has 0 radical (unpaired) electrons. The molecule has 2 aromatic carbocycles. The van der Waals surface area contributed by atoms with Gasteiger partial charge in [0, 0.05) is 11.3 Å². The van der Waals surface area contributed by atoms with Crippen LogP contribution in [0.15, 0.2) is 53.7 Å². The molecule has 0 fully saturated rings. The summed E-state index contributed by atoms with van der Waals surface area (Å²) >= 11 is 1.40. The van der Waals surface area contributed by atoms with Gasteiger partial charge in [0.1, 0.15) is 5.75 Å². The van der Waals surface area contributed by atoms with Crippen molar-refractivity contribution in [2.75, 3.05) is 7.11 Å². The smallest absolute Gasteiger partial charge is 0.197 e. The lowest BCUT2D eigenvalue weighted by Crippen LogP contribution is -2.02. The van der Waals surface area contributed by atoms with Gasteiger partial charge in [0.15, 0.2) is 11.0 Å². The maximum atomic E-state index is 9.13. The molecule has 0 aliphatic rings. The van der Waals surface area contributed by atoms with E-state index in [1.54, 1.807) is 7.11 Å². The summed E-state index contributed by atoms with van der Waals surface area (Å²) in [6, 6.07) is 18.1. The number of methoxy groups -OCH3 is 1. The number of nitrogens with zero attached hydrogens (tertiary/aromatic N) is 4. The second-order valence-electron chi connectivity index (χ2n) is 5.59. The molecule has 0 saturated carbocycles. The zero-order chi connectivity index (χ0) is 17.8. The van der Waals surface area contributed by atoms with Gasteiger partial charge in [-0.1, -0.05) is 29.5 Å². The third-order valence-electron chi connectivity index (χ3n) is 3.74. The first kappa shape index (κ1) is 17.1. The van der Waals surface area contributed by atoms with E-state index >= 15 is 0 Å². The highest BCUT2D eigenvalue weighted by Crippen LogP contribution is 2.30. The molecule has 0 spiro atoms. The number of hydrogen-bond donors (Lipinski definition) is 0. The minimum Gasteiger partial charge on any atom is -0.497 e. The number of benzene rings is 2. The van der Waals surface area contributed by atoms with E-state index < -0.39 is 0 Å². The summed E-state index contributed by atoms with van der Waals surface area (Å²) in [6.07, 6.45) is 0. The molecule has 0 amide bonds. The van der Waals surface area contributed by atoms with Crippen LogP contribution in [0.2, 0.25) is 0 Å². The first-order chi connectivity index (χ1) is 12.1. The zero-order valence-electron chi connectivity index (χ0n) is 14.3. The van der Waals surface area contributed by atoms with Gasteiger partial charge in [-0.05, 0) is 50.2 Å². The standard InChI is InChI=1S/C19H18N4OS/c1-13-4-8-16(9-5-13)23-18(15-6-10-17(24-3)11-7-15)21-22-19(23)25-14(2)12-20/h4-11,14H,1-3H3. The first-order valence-electron chi connectivity index (χ1n) is 7.85. The Labute approximate surface area is 151 Å². The van der Waals surface area contributed by atoms with Gasteiger partial charge in [0.05, 0.1) is 18.4 Å². The predicted octanol–water partition coefficient (Wildman–Crippen LogP) is 4.26. The third-order valence-corrected chi connectivity index (χ3v) is 4.67. The van der Waals surface area contributed by atoms with E-state index in [0.717, 1.165) is 22.8 Å². The van der Waals surface area contributed by atoms with Gasteiger partial charge < -0.3 is 4.74 Å². The van der Waals surface area contributed by atoms with E-state index in [0.29, 0.717) is 5.16 Å². The minimum absolute atomic E-state index is 0.211. The van der Waals surface area contributed by atoms with Crippen LogP contribution in [0.4, 0.5) is 0 Å². The maximum absolute atomic E-state index is 9.13. The minimum atomic E-state index is -0.211. The number of aryl methyl sites for hydroxylation is 1. The van der Waals surface area contributed by atoms with Crippen LogP contribution < -0.4 is 4.74 Å². The lowest BCUT2D eigenvalue weighted by Gasteiger charge is -2.11. The molecule has 25 heavy (non-hydrogen) atoms. The maximum Gasteiger partial charge on any atom is 0.197 e. The second kappa shape index (κ2) is 7.41. The molecule has 1 atom stereocenters. The molecule has 126 valence electrons. The zero-order valence-corrected chi connectivity index (χ0v) is 15.1. The fourth-order valence-electron chi connectivity index (χ4n) is 2.38. The van der Waals surface area contributed by atoms with Crippen molar-refractivity contribution >= 4 is 11.8 Å². The van der Waals surface area contributed by atoms with E-state index in [2.05, 4.69) is 28.4 Å². The van der Waals surface area contributed by atoms with Gasteiger partial charge in [0.2, 0.25) is 0 Å². The number of thioether (sulfide) groups is 1. The number of aromatic nitrogens is 3. The Morgan fingerprint density at radius 2 is 1.76 bits per heavy atom. The molecule has 0 aliphatic carbocycles. The summed E-state index contributed by atoms with van der Waals surface area (Å²) in [5.74, 6) is 1.52. The van der Waals surface area contributed by atoms with Crippen LogP contribution in [-0.4, -0.2) is 27.1 Å². The third kappa shape index (κ3) is 3.67. The summed E-state index contributed by atoms with van der Waals surface area (Å²) in [4.78, 5) is 0. The van der Waals surface area contributed by atoms with Crippen LogP contribution in [0.25, 0.3) is 17.1 Å². The highest BCUT2D eigenvalue weighted by atomic mass is 32.2. The molecule has 1 heterocycles. The van der Waals surface area contributed by atoms with E-state index in [-0.39, 0.29) is 5.25 Å². The molecule has 0 aliphatic heterocycles. The summed E-state index contributed by atoms with van der Waals surface area (Å²) < 4.78 is 7.21. The van der Waals surface area contributed by atoms with Crippen molar-refractivity contribution in [1.29, 1.82) is 5.26 Å². The quantitative estimate of drug-likeness (QED) is 0.644.